The molecule has 1 atom stereocenters. The van der Waals surface area contributed by atoms with Crippen molar-refractivity contribution in [2.24, 2.45) is 0 Å². The molecule has 0 spiro atoms. The molecule has 3 aromatic rings. The molecule has 12 heteroatoms. The van der Waals surface area contributed by atoms with Gasteiger partial charge in [0.1, 0.15) is 12.6 Å². The van der Waals surface area contributed by atoms with E-state index in [1.807, 2.05) is 37.3 Å². The van der Waals surface area contributed by atoms with Gasteiger partial charge in [-0.2, -0.15) is 0 Å². The molecule has 1 aliphatic heterocycles. The summed E-state index contributed by atoms with van der Waals surface area (Å²) >= 11 is 12.4. The Bertz CT molecular complexity index is 1520. The van der Waals surface area contributed by atoms with E-state index in [0.717, 1.165) is 29.0 Å². The number of unbranched alkanes of at least 4 members (excludes halogenated alkanes) is 1. The standard InChI is InChI=1S/C30H33Cl2N3O6S/c1-3-4-14-33-30(37)26(16-21-8-6-5-7-9-21)34(18-22-10-12-24(31)25(32)15-22)29(36)19-35(42(2,38)39)23-11-13-27-28(17-23)41-20-40-27/h5-13,15,17,26H,3-4,14,16,18-20H2,1-2H3,(H,33,37)/t26-/m1/s1. The van der Waals surface area contributed by atoms with Gasteiger partial charge in [-0.05, 0) is 41.8 Å². The summed E-state index contributed by atoms with van der Waals surface area (Å²) < 4.78 is 37.7. The van der Waals surface area contributed by atoms with Crippen LogP contribution in [0.1, 0.15) is 30.9 Å². The van der Waals surface area contributed by atoms with Crippen molar-refractivity contribution < 1.29 is 27.5 Å². The Kier molecular flexibility index (Phi) is 10.6. The van der Waals surface area contributed by atoms with Crippen molar-refractivity contribution >= 4 is 50.7 Å². The number of amides is 2. The summed E-state index contributed by atoms with van der Waals surface area (Å²) in [6.45, 7) is 1.93. The highest BCUT2D eigenvalue weighted by Crippen LogP contribution is 2.36. The number of hydrogen-bond acceptors (Lipinski definition) is 6. The van der Waals surface area contributed by atoms with E-state index in [1.54, 1.807) is 30.3 Å². The van der Waals surface area contributed by atoms with Crippen LogP contribution in [0.15, 0.2) is 66.7 Å². The van der Waals surface area contributed by atoms with Crippen molar-refractivity contribution in [2.75, 3.05) is 30.4 Å². The van der Waals surface area contributed by atoms with Crippen LogP contribution < -0.4 is 19.1 Å². The third kappa shape index (κ3) is 8.08. The molecule has 0 fully saturated rings. The van der Waals surface area contributed by atoms with Crippen molar-refractivity contribution in [2.45, 2.75) is 38.8 Å². The van der Waals surface area contributed by atoms with E-state index in [1.165, 1.54) is 11.0 Å². The maximum absolute atomic E-state index is 14.2. The first-order valence-corrected chi connectivity index (χ1v) is 16.1. The second kappa shape index (κ2) is 14.1. The Labute approximate surface area is 256 Å². The quantitative estimate of drug-likeness (QED) is 0.264. The Morgan fingerprint density at radius 1 is 0.952 bits per heavy atom. The SMILES string of the molecule is CCCCNC(=O)[C@@H](Cc1ccccc1)N(Cc1ccc(Cl)c(Cl)c1)C(=O)CN(c1ccc2c(c1)OCO2)S(C)(=O)=O. The van der Waals surface area contributed by atoms with E-state index in [9.17, 15) is 18.0 Å². The van der Waals surface area contributed by atoms with Crippen LogP contribution in [0.25, 0.3) is 0 Å². The van der Waals surface area contributed by atoms with Gasteiger partial charge in [0.25, 0.3) is 0 Å². The Balaban J connectivity index is 1.72. The normalized spacial score (nSPS) is 13.0. The van der Waals surface area contributed by atoms with Gasteiger partial charge in [-0.1, -0.05) is 72.9 Å². The highest BCUT2D eigenvalue weighted by atomic mass is 35.5. The Morgan fingerprint density at radius 3 is 2.38 bits per heavy atom. The Hall–Kier alpha value is -3.47. The highest BCUT2D eigenvalue weighted by Gasteiger charge is 2.33. The van der Waals surface area contributed by atoms with E-state index >= 15 is 0 Å². The number of fused-ring (bicyclic) bond motifs is 1. The van der Waals surface area contributed by atoms with E-state index in [-0.39, 0.29) is 31.4 Å². The van der Waals surface area contributed by atoms with Gasteiger partial charge < -0.3 is 19.7 Å². The lowest BCUT2D eigenvalue weighted by Crippen LogP contribution is -2.53. The largest absolute Gasteiger partial charge is 0.454 e. The zero-order chi connectivity index (χ0) is 30.3. The molecule has 1 aliphatic rings. The first-order chi connectivity index (χ1) is 20.1. The lowest BCUT2D eigenvalue weighted by Gasteiger charge is -2.33. The van der Waals surface area contributed by atoms with Gasteiger partial charge in [0.15, 0.2) is 11.5 Å². The van der Waals surface area contributed by atoms with Crippen LogP contribution in [-0.4, -0.2) is 57.3 Å². The molecular formula is C30H33Cl2N3O6S. The fraction of sp³-hybridized carbons (Fsp3) is 0.333. The minimum absolute atomic E-state index is 0.00678. The van der Waals surface area contributed by atoms with Crippen LogP contribution in [0.2, 0.25) is 10.0 Å². The zero-order valence-corrected chi connectivity index (χ0v) is 25.7. The second-order valence-electron chi connectivity index (χ2n) is 9.93. The topological polar surface area (TPSA) is 105 Å². The molecule has 42 heavy (non-hydrogen) atoms. The second-order valence-corrected chi connectivity index (χ2v) is 12.6. The average Bonchev–Trinajstić information content (AvgIpc) is 3.43. The van der Waals surface area contributed by atoms with Gasteiger partial charge in [-0.25, -0.2) is 8.42 Å². The highest BCUT2D eigenvalue weighted by molar-refractivity contribution is 7.92. The number of nitrogens with zero attached hydrogens (tertiary/aromatic N) is 2. The third-order valence-corrected chi connectivity index (χ3v) is 8.64. The van der Waals surface area contributed by atoms with Gasteiger partial charge >= 0.3 is 0 Å². The summed E-state index contributed by atoms with van der Waals surface area (Å²) in [5.41, 5.74) is 1.71. The average molecular weight is 635 g/mol. The van der Waals surface area contributed by atoms with E-state index in [0.29, 0.717) is 33.7 Å². The molecule has 0 aromatic heterocycles. The van der Waals surface area contributed by atoms with Crippen molar-refractivity contribution in [1.82, 2.24) is 10.2 Å². The van der Waals surface area contributed by atoms with Gasteiger partial charge in [0, 0.05) is 25.6 Å². The molecule has 0 saturated heterocycles. The fourth-order valence-electron chi connectivity index (χ4n) is 4.55. The number of carbonyl (C=O) groups is 2. The molecule has 1 N–H and O–H groups in total. The van der Waals surface area contributed by atoms with Crippen LogP contribution in [-0.2, 0) is 32.6 Å². The number of carbonyl (C=O) groups excluding carboxylic acids is 2. The van der Waals surface area contributed by atoms with Gasteiger partial charge in [-0.3, -0.25) is 13.9 Å². The predicted molar refractivity (Wildman–Crippen MR) is 164 cm³/mol. The predicted octanol–water partition coefficient (Wildman–Crippen LogP) is 5.04. The van der Waals surface area contributed by atoms with Crippen LogP contribution in [0.5, 0.6) is 11.5 Å². The van der Waals surface area contributed by atoms with E-state index in [4.69, 9.17) is 32.7 Å². The monoisotopic (exact) mass is 633 g/mol. The number of ether oxygens (including phenoxy) is 2. The summed E-state index contributed by atoms with van der Waals surface area (Å²) in [6, 6.07) is 18.0. The molecule has 1 heterocycles. The minimum Gasteiger partial charge on any atom is -0.454 e. The lowest BCUT2D eigenvalue weighted by molar-refractivity contribution is -0.140. The van der Waals surface area contributed by atoms with E-state index in [2.05, 4.69) is 5.32 Å². The molecular weight excluding hydrogens is 601 g/mol. The molecule has 0 aliphatic carbocycles. The number of hydrogen-bond donors (Lipinski definition) is 1. The van der Waals surface area contributed by atoms with Crippen LogP contribution in [0.4, 0.5) is 5.69 Å². The summed E-state index contributed by atoms with van der Waals surface area (Å²) in [5.74, 6) is -0.0598. The first kappa shape index (κ1) is 31.5. The molecule has 9 nitrogen and oxygen atoms in total. The van der Waals surface area contributed by atoms with Gasteiger partial charge in [-0.15, -0.1) is 0 Å². The first-order valence-electron chi connectivity index (χ1n) is 13.5. The Morgan fingerprint density at radius 2 is 1.69 bits per heavy atom. The molecule has 2 amide bonds. The molecule has 4 rings (SSSR count). The van der Waals surface area contributed by atoms with Gasteiger partial charge in [0.2, 0.25) is 28.6 Å². The maximum atomic E-state index is 14.2. The molecule has 224 valence electrons. The number of nitrogens with one attached hydrogen (secondary N) is 1. The molecule has 0 bridgehead atoms. The summed E-state index contributed by atoms with van der Waals surface area (Å²) in [7, 11) is -3.92. The summed E-state index contributed by atoms with van der Waals surface area (Å²) in [6.07, 6.45) is 2.90. The van der Waals surface area contributed by atoms with Gasteiger partial charge in [0.05, 0.1) is 22.0 Å². The summed E-state index contributed by atoms with van der Waals surface area (Å²) in [4.78, 5) is 29.2. The van der Waals surface area contributed by atoms with E-state index < -0.39 is 28.5 Å². The third-order valence-electron chi connectivity index (χ3n) is 6.76. The number of halogens is 2. The van der Waals surface area contributed by atoms with Crippen molar-refractivity contribution in [3.05, 3.63) is 87.9 Å². The van der Waals surface area contributed by atoms with Crippen LogP contribution >= 0.6 is 23.2 Å². The lowest BCUT2D eigenvalue weighted by atomic mass is 10.0. The van der Waals surface area contributed by atoms with Crippen molar-refractivity contribution in [3.8, 4) is 11.5 Å². The number of anilines is 1. The van der Waals surface area contributed by atoms with Crippen molar-refractivity contribution in [3.63, 3.8) is 0 Å². The maximum Gasteiger partial charge on any atom is 0.244 e. The molecule has 0 unspecified atom stereocenters. The number of rotatable bonds is 13. The smallest absolute Gasteiger partial charge is 0.244 e. The molecule has 0 radical (unpaired) electrons. The van der Waals surface area contributed by atoms with Crippen LogP contribution in [0, 0.1) is 0 Å². The fourth-order valence-corrected chi connectivity index (χ4v) is 5.71. The van der Waals surface area contributed by atoms with Crippen molar-refractivity contribution in [1.29, 1.82) is 0 Å². The van der Waals surface area contributed by atoms with Crippen LogP contribution in [0.3, 0.4) is 0 Å². The molecule has 0 saturated carbocycles. The minimum atomic E-state index is -3.92. The number of sulfonamides is 1. The number of benzene rings is 3. The zero-order valence-electron chi connectivity index (χ0n) is 23.4. The molecule has 3 aromatic carbocycles. The summed E-state index contributed by atoms with van der Waals surface area (Å²) in [5, 5.41) is 3.59.